The summed E-state index contributed by atoms with van der Waals surface area (Å²) >= 11 is 5.97. The van der Waals surface area contributed by atoms with Crippen LogP contribution in [-0.2, 0) is 6.42 Å². The Labute approximate surface area is 181 Å². The first kappa shape index (κ1) is 21.4. The molecule has 1 aromatic heterocycles. The number of hydrogen-bond donors (Lipinski definition) is 0. The van der Waals surface area contributed by atoms with Gasteiger partial charge in [-0.05, 0) is 55.5 Å². The van der Waals surface area contributed by atoms with Crippen LogP contribution in [-0.4, -0.2) is 40.2 Å². The van der Waals surface area contributed by atoms with Crippen molar-refractivity contribution in [3.8, 4) is 5.75 Å². The Balaban J connectivity index is 1.38. The highest BCUT2D eigenvalue weighted by Gasteiger charge is 2.34. The van der Waals surface area contributed by atoms with Crippen molar-refractivity contribution in [2.24, 2.45) is 5.92 Å². The van der Waals surface area contributed by atoms with Gasteiger partial charge in [0.15, 0.2) is 0 Å². The highest BCUT2D eigenvalue weighted by Crippen LogP contribution is 2.29. The molecule has 0 radical (unpaired) electrons. The predicted molar refractivity (Wildman–Crippen MR) is 110 cm³/mol. The van der Waals surface area contributed by atoms with Crippen LogP contribution in [0.25, 0.3) is 11.0 Å². The van der Waals surface area contributed by atoms with Gasteiger partial charge < -0.3 is 9.64 Å². The van der Waals surface area contributed by atoms with Gasteiger partial charge in [-0.1, -0.05) is 23.7 Å². The Kier molecular flexibility index (Phi) is 6.00. The molecule has 1 amide bonds. The van der Waals surface area contributed by atoms with Gasteiger partial charge in [-0.3, -0.25) is 9.78 Å². The Morgan fingerprint density at radius 3 is 2.81 bits per heavy atom. The Morgan fingerprint density at radius 1 is 1.19 bits per heavy atom. The predicted octanol–water partition coefficient (Wildman–Crippen LogP) is 5.28. The average molecular weight is 450 g/mol. The zero-order valence-electron chi connectivity index (χ0n) is 16.4. The monoisotopic (exact) mass is 449 g/mol. The van der Waals surface area contributed by atoms with Gasteiger partial charge in [0.2, 0.25) is 0 Å². The first-order valence-electron chi connectivity index (χ1n) is 9.84. The summed E-state index contributed by atoms with van der Waals surface area (Å²) in [6.07, 6.45) is -0.841. The first-order valence-corrected chi connectivity index (χ1v) is 10.2. The number of hydrogen-bond acceptors (Lipinski definition) is 4. The number of carbonyl (C=O) groups excluding carboxylic acids is 1. The smallest absolute Gasteiger partial charge is 0.405 e. The third-order valence-electron chi connectivity index (χ3n) is 5.28. The molecule has 1 aliphatic rings. The van der Waals surface area contributed by atoms with Gasteiger partial charge in [-0.25, -0.2) is 4.98 Å². The molecule has 0 unspecified atom stereocenters. The van der Waals surface area contributed by atoms with Gasteiger partial charge in [-0.15, -0.1) is 13.2 Å². The van der Waals surface area contributed by atoms with Crippen LogP contribution in [0.3, 0.4) is 0 Å². The average Bonchev–Trinajstić information content (AvgIpc) is 3.20. The van der Waals surface area contributed by atoms with E-state index in [4.69, 9.17) is 11.6 Å². The topological polar surface area (TPSA) is 55.3 Å². The van der Waals surface area contributed by atoms with Crippen LogP contribution in [0.2, 0.25) is 5.02 Å². The maximum atomic E-state index is 12.8. The maximum Gasteiger partial charge on any atom is 0.573 e. The van der Waals surface area contributed by atoms with Crippen molar-refractivity contribution in [1.29, 1.82) is 0 Å². The number of rotatable bonds is 5. The van der Waals surface area contributed by atoms with Crippen molar-refractivity contribution in [2.45, 2.75) is 25.6 Å². The summed E-state index contributed by atoms with van der Waals surface area (Å²) in [4.78, 5) is 23.4. The number of fused-ring (bicyclic) bond motifs is 1. The van der Waals surface area contributed by atoms with Gasteiger partial charge in [0, 0.05) is 24.3 Å². The molecule has 0 bridgehead atoms. The van der Waals surface area contributed by atoms with E-state index in [0.717, 1.165) is 35.6 Å². The summed E-state index contributed by atoms with van der Waals surface area (Å²) < 4.78 is 41.9. The van der Waals surface area contributed by atoms with E-state index in [1.54, 1.807) is 23.2 Å². The summed E-state index contributed by atoms with van der Waals surface area (Å²) in [6, 6.07) is 10.8. The fourth-order valence-corrected chi connectivity index (χ4v) is 3.94. The fraction of sp³-hybridized carbons (Fsp3) is 0.318. The number of aryl methyl sites for hydroxylation is 1. The third-order valence-corrected chi connectivity index (χ3v) is 5.51. The second kappa shape index (κ2) is 8.70. The molecule has 0 N–H and O–H groups in total. The number of nitrogens with zero attached hydrogens (tertiary/aromatic N) is 3. The number of para-hydroxylation sites is 1. The van der Waals surface area contributed by atoms with Gasteiger partial charge in [0.05, 0.1) is 22.3 Å². The lowest BCUT2D eigenvalue weighted by Crippen LogP contribution is -2.30. The maximum absolute atomic E-state index is 12.8. The van der Waals surface area contributed by atoms with Crippen molar-refractivity contribution in [1.82, 2.24) is 14.9 Å². The lowest BCUT2D eigenvalue weighted by molar-refractivity contribution is -0.274. The van der Waals surface area contributed by atoms with E-state index in [2.05, 4.69) is 14.7 Å². The second-order valence-corrected chi connectivity index (χ2v) is 7.92. The van der Waals surface area contributed by atoms with Crippen molar-refractivity contribution in [3.63, 3.8) is 0 Å². The quantitative estimate of drug-likeness (QED) is 0.532. The molecule has 5 nitrogen and oxygen atoms in total. The molecular weight excluding hydrogens is 431 g/mol. The number of benzene rings is 2. The van der Waals surface area contributed by atoms with Crippen LogP contribution < -0.4 is 4.74 Å². The fourth-order valence-electron chi connectivity index (χ4n) is 3.77. The summed E-state index contributed by atoms with van der Waals surface area (Å²) in [5.74, 6) is -0.693. The van der Waals surface area contributed by atoms with Crippen LogP contribution in [0.1, 0.15) is 28.9 Å². The molecule has 4 rings (SSSR count). The lowest BCUT2D eigenvalue weighted by Gasteiger charge is -2.19. The Morgan fingerprint density at radius 2 is 2.00 bits per heavy atom. The minimum Gasteiger partial charge on any atom is -0.405 e. The molecule has 2 aromatic carbocycles. The number of amides is 1. The van der Waals surface area contributed by atoms with E-state index in [0.29, 0.717) is 24.5 Å². The highest BCUT2D eigenvalue weighted by molar-refractivity contribution is 6.31. The molecule has 1 fully saturated rings. The summed E-state index contributed by atoms with van der Waals surface area (Å²) in [5, 5.41) is 0.604. The largest absolute Gasteiger partial charge is 0.573 e. The van der Waals surface area contributed by atoms with E-state index in [9.17, 15) is 18.0 Å². The molecular formula is C22H19ClF3N3O2. The molecule has 3 aromatic rings. The van der Waals surface area contributed by atoms with Crippen LogP contribution in [0.4, 0.5) is 13.2 Å². The van der Waals surface area contributed by atoms with Crippen molar-refractivity contribution < 1.29 is 22.7 Å². The van der Waals surface area contributed by atoms with E-state index in [1.807, 2.05) is 6.07 Å². The molecule has 0 aliphatic carbocycles. The molecule has 2 heterocycles. The SMILES string of the molecule is O=C(c1ccccc1OC(F)(F)F)N1CC[C@@H](CCc2cnc3cc(Cl)ccc3n2)C1. The van der Waals surface area contributed by atoms with Crippen LogP contribution in [0.15, 0.2) is 48.7 Å². The normalized spacial score (nSPS) is 16.6. The molecule has 9 heteroatoms. The van der Waals surface area contributed by atoms with Gasteiger partial charge in [0.25, 0.3) is 5.91 Å². The number of likely N-dealkylation sites (tertiary alicyclic amines) is 1. The van der Waals surface area contributed by atoms with E-state index >= 15 is 0 Å². The number of carbonyl (C=O) groups is 1. The molecule has 31 heavy (non-hydrogen) atoms. The lowest BCUT2D eigenvalue weighted by atomic mass is 10.0. The minimum absolute atomic E-state index is 0.0838. The molecule has 0 spiro atoms. The molecule has 0 saturated carbocycles. The summed E-state index contributed by atoms with van der Waals surface area (Å²) in [5.41, 5.74) is 2.27. The van der Waals surface area contributed by atoms with E-state index in [-0.39, 0.29) is 11.5 Å². The van der Waals surface area contributed by atoms with Crippen LogP contribution >= 0.6 is 11.6 Å². The second-order valence-electron chi connectivity index (χ2n) is 7.48. The molecule has 162 valence electrons. The van der Waals surface area contributed by atoms with Crippen molar-refractivity contribution in [3.05, 3.63) is 64.9 Å². The third kappa shape index (κ3) is 5.25. The zero-order chi connectivity index (χ0) is 22.0. The van der Waals surface area contributed by atoms with Gasteiger partial charge in [-0.2, -0.15) is 0 Å². The number of ether oxygens (including phenoxy) is 1. The standard InChI is InChI=1S/C22H19ClF3N3O2/c23-15-6-8-18-19(11-15)27-12-16(28-18)7-5-14-9-10-29(13-14)21(30)17-3-1-2-4-20(17)31-22(24,25)26/h1-4,6,8,11-12,14H,5,7,9-10,13H2/t14-/m1/s1. The zero-order valence-corrected chi connectivity index (χ0v) is 17.2. The van der Waals surface area contributed by atoms with Crippen LogP contribution in [0, 0.1) is 5.92 Å². The first-order chi connectivity index (χ1) is 14.8. The van der Waals surface area contributed by atoms with Gasteiger partial charge in [0.1, 0.15) is 5.75 Å². The summed E-state index contributed by atoms with van der Waals surface area (Å²) in [7, 11) is 0. The number of aromatic nitrogens is 2. The number of halogens is 4. The minimum atomic E-state index is -4.85. The van der Waals surface area contributed by atoms with Gasteiger partial charge >= 0.3 is 6.36 Å². The van der Waals surface area contributed by atoms with E-state index in [1.165, 1.54) is 18.2 Å². The molecule has 1 saturated heterocycles. The highest BCUT2D eigenvalue weighted by atomic mass is 35.5. The van der Waals surface area contributed by atoms with Crippen LogP contribution in [0.5, 0.6) is 5.75 Å². The Bertz CT molecular complexity index is 1110. The molecule has 1 atom stereocenters. The van der Waals surface area contributed by atoms with Crippen molar-refractivity contribution >= 4 is 28.5 Å². The van der Waals surface area contributed by atoms with E-state index < -0.39 is 18.0 Å². The van der Waals surface area contributed by atoms with Crippen molar-refractivity contribution in [2.75, 3.05) is 13.1 Å². The number of alkyl halides is 3. The summed E-state index contributed by atoms with van der Waals surface area (Å²) in [6.45, 7) is 0.974. The molecule has 1 aliphatic heterocycles. The Hall–Kier alpha value is -2.87.